The summed E-state index contributed by atoms with van der Waals surface area (Å²) in [6, 6.07) is 14.6. The van der Waals surface area contributed by atoms with Crippen molar-refractivity contribution in [2.24, 2.45) is 0 Å². The number of sulfonamides is 1. The fourth-order valence-electron chi connectivity index (χ4n) is 1.62. The Labute approximate surface area is 126 Å². The minimum Gasteiger partial charge on any atom is -0.388 e. The third kappa shape index (κ3) is 4.38. The topological polar surface area (TPSA) is 72.5 Å². The second-order valence-electron chi connectivity index (χ2n) is 4.22. The van der Waals surface area contributed by atoms with Crippen LogP contribution in [-0.4, -0.2) is 12.6 Å². The van der Waals surface area contributed by atoms with E-state index in [-0.39, 0.29) is 4.90 Å². The summed E-state index contributed by atoms with van der Waals surface area (Å²) in [5.74, 6) is 0.335. The van der Waals surface area contributed by atoms with Gasteiger partial charge in [0.25, 0.3) is 10.0 Å². The zero-order valence-electron chi connectivity index (χ0n) is 11.4. The van der Waals surface area contributed by atoms with Crippen molar-refractivity contribution in [1.82, 2.24) is 4.13 Å². The Balaban J connectivity index is 2.04. The zero-order valence-corrected chi connectivity index (χ0v) is 13.0. The van der Waals surface area contributed by atoms with Crippen LogP contribution >= 0.6 is 0 Å². The zero-order chi connectivity index (χ0) is 15.3. The van der Waals surface area contributed by atoms with Crippen LogP contribution in [0.1, 0.15) is 12.5 Å². The maximum Gasteiger partial charge on any atom is 0.302 e. The van der Waals surface area contributed by atoms with E-state index in [1.807, 2.05) is 23.2 Å². The quantitative estimate of drug-likeness (QED) is 0.883. The van der Waals surface area contributed by atoms with E-state index in [2.05, 4.69) is 0 Å². The summed E-state index contributed by atoms with van der Waals surface area (Å²) in [6.45, 7) is 2.02. The third-order valence-electron chi connectivity index (χ3n) is 2.73. The first-order valence-corrected chi connectivity index (χ1v) is 8.83. The number of hydrogen-bond donors (Lipinski definition) is 1. The first-order chi connectivity index (χ1) is 10.0. The molecule has 21 heavy (non-hydrogen) atoms. The summed E-state index contributed by atoms with van der Waals surface area (Å²) in [7, 11) is -3.87. The average Bonchev–Trinajstić information content (AvgIpc) is 2.48. The average molecular weight is 325 g/mol. The predicted octanol–water partition coefficient (Wildman–Crippen LogP) is 2.19. The highest BCUT2D eigenvalue weighted by molar-refractivity contribution is 8.00. The first kappa shape index (κ1) is 15.7. The maximum absolute atomic E-state index is 11.9. The SMILES string of the molecule is CCc1ccc(OS(=O)NS(=O)(=O)c2ccccc2)cc1. The molecule has 5 nitrogen and oxygen atoms in total. The van der Waals surface area contributed by atoms with E-state index in [4.69, 9.17) is 4.18 Å². The van der Waals surface area contributed by atoms with Crippen LogP contribution in [0.5, 0.6) is 5.75 Å². The second-order valence-corrected chi connectivity index (χ2v) is 7.00. The van der Waals surface area contributed by atoms with Crippen LogP contribution in [0.2, 0.25) is 0 Å². The molecule has 0 saturated heterocycles. The molecule has 0 fully saturated rings. The van der Waals surface area contributed by atoms with Gasteiger partial charge in [0, 0.05) is 0 Å². The summed E-state index contributed by atoms with van der Waals surface area (Å²) in [5.41, 5.74) is 1.11. The lowest BCUT2D eigenvalue weighted by atomic mass is 10.2. The van der Waals surface area contributed by atoms with Gasteiger partial charge < -0.3 is 4.18 Å². The van der Waals surface area contributed by atoms with Crippen LogP contribution in [0, 0.1) is 0 Å². The van der Waals surface area contributed by atoms with Gasteiger partial charge in [-0.3, -0.25) is 0 Å². The van der Waals surface area contributed by atoms with Gasteiger partial charge in [-0.15, -0.1) is 0 Å². The Hall–Kier alpha value is -1.70. The smallest absolute Gasteiger partial charge is 0.302 e. The van der Waals surface area contributed by atoms with Crippen molar-refractivity contribution in [2.45, 2.75) is 18.2 Å². The number of rotatable bonds is 6. The minimum absolute atomic E-state index is 0.0308. The molecule has 0 amide bonds. The highest BCUT2D eigenvalue weighted by atomic mass is 32.3. The van der Waals surface area contributed by atoms with Crippen molar-refractivity contribution in [1.29, 1.82) is 0 Å². The monoisotopic (exact) mass is 325 g/mol. The number of hydrogen-bond acceptors (Lipinski definition) is 4. The maximum atomic E-state index is 11.9. The largest absolute Gasteiger partial charge is 0.388 e. The van der Waals surface area contributed by atoms with Crippen molar-refractivity contribution >= 4 is 21.3 Å². The Morgan fingerprint density at radius 2 is 1.67 bits per heavy atom. The molecule has 1 N–H and O–H groups in total. The van der Waals surface area contributed by atoms with Gasteiger partial charge in [0.05, 0.1) is 4.90 Å². The van der Waals surface area contributed by atoms with Crippen LogP contribution in [0.3, 0.4) is 0 Å². The molecule has 0 aliphatic heterocycles. The summed E-state index contributed by atoms with van der Waals surface area (Å²) < 4.78 is 42.7. The fraction of sp³-hybridized carbons (Fsp3) is 0.143. The van der Waals surface area contributed by atoms with Crippen molar-refractivity contribution in [3.63, 3.8) is 0 Å². The van der Waals surface area contributed by atoms with E-state index in [1.54, 1.807) is 30.3 Å². The van der Waals surface area contributed by atoms with E-state index in [9.17, 15) is 12.6 Å². The molecular formula is C14H15NO4S2. The Bertz CT molecular complexity index is 712. The van der Waals surface area contributed by atoms with Crippen molar-refractivity contribution in [3.8, 4) is 5.75 Å². The van der Waals surface area contributed by atoms with Gasteiger partial charge in [0.1, 0.15) is 5.75 Å². The van der Waals surface area contributed by atoms with E-state index in [0.29, 0.717) is 5.75 Å². The Kier molecular flexibility index (Phi) is 5.11. The lowest BCUT2D eigenvalue weighted by Gasteiger charge is -2.07. The van der Waals surface area contributed by atoms with E-state index in [0.717, 1.165) is 12.0 Å². The molecule has 1 atom stereocenters. The standard InChI is InChI=1S/C14H15NO4S2/c1-2-12-8-10-13(11-9-12)19-20(16)15-21(17,18)14-6-4-3-5-7-14/h3-11,15H,2H2,1H3. The second kappa shape index (κ2) is 6.84. The van der Waals surface area contributed by atoms with Gasteiger partial charge >= 0.3 is 11.3 Å². The van der Waals surface area contributed by atoms with E-state index in [1.165, 1.54) is 12.1 Å². The fourth-order valence-corrected chi connectivity index (χ4v) is 3.66. The molecular weight excluding hydrogens is 310 g/mol. The van der Waals surface area contributed by atoms with Gasteiger partial charge in [-0.05, 0) is 36.2 Å². The predicted molar refractivity (Wildman–Crippen MR) is 81.4 cm³/mol. The molecule has 2 aromatic rings. The van der Waals surface area contributed by atoms with Crippen LogP contribution in [-0.2, 0) is 27.7 Å². The third-order valence-corrected chi connectivity index (χ3v) is 5.39. The normalized spacial score (nSPS) is 12.8. The lowest BCUT2D eigenvalue weighted by molar-refractivity contribution is 0.552. The Morgan fingerprint density at radius 1 is 1.05 bits per heavy atom. The lowest BCUT2D eigenvalue weighted by Crippen LogP contribution is -2.28. The number of benzene rings is 2. The highest BCUT2D eigenvalue weighted by Gasteiger charge is 2.18. The molecule has 0 saturated carbocycles. The molecule has 0 heterocycles. The van der Waals surface area contributed by atoms with Gasteiger partial charge in [-0.25, -0.2) is 8.42 Å². The van der Waals surface area contributed by atoms with Gasteiger partial charge in [0.2, 0.25) is 0 Å². The summed E-state index contributed by atoms with van der Waals surface area (Å²) in [4.78, 5) is 0.0308. The molecule has 7 heteroatoms. The molecule has 0 aliphatic rings. The van der Waals surface area contributed by atoms with Crippen molar-refractivity contribution < 1.29 is 16.8 Å². The van der Waals surface area contributed by atoms with Crippen LogP contribution in [0.15, 0.2) is 59.5 Å². The molecule has 0 bridgehead atoms. The summed E-state index contributed by atoms with van der Waals surface area (Å²) in [5, 5.41) is 0. The molecule has 1 unspecified atom stereocenters. The van der Waals surface area contributed by atoms with Crippen LogP contribution < -0.4 is 8.31 Å². The van der Waals surface area contributed by atoms with Gasteiger partial charge in [-0.2, -0.15) is 4.21 Å². The first-order valence-electron chi connectivity index (χ1n) is 6.28. The molecule has 0 spiro atoms. The van der Waals surface area contributed by atoms with Gasteiger partial charge in [0.15, 0.2) is 0 Å². The summed E-state index contributed by atoms with van der Waals surface area (Å²) >= 11 is -2.19. The molecule has 0 aromatic heterocycles. The van der Waals surface area contributed by atoms with E-state index >= 15 is 0 Å². The summed E-state index contributed by atoms with van der Waals surface area (Å²) in [6.07, 6.45) is 0.879. The van der Waals surface area contributed by atoms with E-state index < -0.39 is 21.3 Å². The number of aryl methyl sites for hydroxylation is 1. The van der Waals surface area contributed by atoms with Crippen molar-refractivity contribution in [3.05, 3.63) is 60.2 Å². The molecule has 112 valence electrons. The number of nitrogens with one attached hydrogen (secondary N) is 1. The highest BCUT2D eigenvalue weighted by Crippen LogP contribution is 2.14. The molecule has 2 rings (SSSR count). The van der Waals surface area contributed by atoms with Gasteiger partial charge in [-0.1, -0.05) is 41.4 Å². The molecule has 2 aromatic carbocycles. The van der Waals surface area contributed by atoms with Crippen LogP contribution in [0.25, 0.3) is 0 Å². The van der Waals surface area contributed by atoms with Crippen molar-refractivity contribution in [2.75, 3.05) is 0 Å². The molecule has 0 aliphatic carbocycles. The van der Waals surface area contributed by atoms with Crippen LogP contribution in [0.4, 0.5) is 0 Å². The Morgan fingerprint density at radius 3 is 2.24 bits per heavy atom. The molecule has 0 radical (unpaired) electrons. The minimum atomic E-state index is -3.87.